The van der Waals surface area contributed by atoms with Crippen LogP contribution >= 0.6 is 14.5 Å². The maximum absolute atomic E-state index is 16.0. The van der Waals surface area contributed by atoms with Gasteiger partial charge in [0.25, 0.3) is 5.56 Å². The third kappa shape index (κ3) is 5.51. The number of anilines is 1. The quantitative estimate of drug-likeness (QED) is 0.249. The Morgan fingerprint density at radius 3 is 2.62 bits per heavy atom. The lowest BCUT2D eigenvalue weighted by molar-refractivity contribution is -0.0641. The molecule has 3 saturated heterocycles. The Hall–Kier alpha value is -2.81. The molecule has 2 unspecified atom stereocenters. The number of imidazole rings is 1. The second-order valence-electron chi connectivity index (χ2n) is 10.5. The molecule has 3 aliphatic heterocycles. The molecule has 0 aromatic carbocycles. The van der Waals surface area contributed by atoms with Crippen LogP contribution in [0.1, 0.15) is 18.9 Å². The first kappa shape index (κ1) is 30.8. The third-order valence-corrected chi connectivity index (χ3v) is 10.1. The van der Waals surface area contributed by atoms with Crippen molar-refractivity contribution in [2.45, 2.75) is 49.5 Å². The predicted molar refractivity (Wildman–Crippen MR) is 150 cm³/mol. The Kier molecular flexibility index (Phi) is 7.65. The maximum atomic E-state index is 16.0. The van der Waals surface area contributed by atoms with Gasteiger partial charge in [0.2, 0.25) is 0 Å². The van der Waals surface area contributed by atoms with E-state index < -0.39 is 82.2 Å². The molecule has 4 aromatic heterocycles. The summed E-state index contributed by atoms with van der Waals surface area (Å²) in [5, 5.41) is -0.335. The van der Waals surface area contributed by atoms with Gasteiger partial charge in [-0.3, -0.25) is 22.9 Å². The Balaban J connectivity index is 1.19. The lowest BCUT2D eigenvalue weighted by Crippen LogP contribution is -2.34. The topological polar surface area (TPSA) is 222 Å². The number of hydrogen-bond donors (Lipinski definition) is 3. The van der Waals surface area contributed by atoms with Crippen molar-refractivity contribution in [2.75, 3.05) is 18.9 Å². The predicted octanol–water partition coefficient (Wildman–Crippen LogP) is 0.954. The summed E-state index contributed by atoms with van der Waals surface area (Å²) < 4.78 is 80.9. The van der Waals surface area contributed by atoms with Crippen molar-refractivity contribution < 1.29 is 50.7 Å². The number of nitrogens with zero attached hydrogens (tertiary/aromatic N) is 7. The van der Waals surface area contributed by atoms with E-state index >= 15 is 4.39 Å². The number of phosphoric acid groups is 1. The van der Waals surface area contributed by atoms with Gasteiger partial charge in [-0.15, -0.1) is 0 Å². The molecular weight excluding hydrogens is 668 g/mol. The lowest BCUT2D eigenvalue weighted by atomic mass is 10.1. The van der Waals surface area contributed by atoms with E-state index in [1.807, 2.05) is 0 Å². The number of alkyl halides is 1. The van der Waals surface area contributed by atoms with E-state index in [0.29, 0.717) is 0 Å². The molecule has 3 fully saturated rings. The second kappa shape index (κ2) is 11.2. The van der Waals surface area contributed by atoms with E-state index in [0.717, 1.165) is 21.7 Å². The van der Waals surface area contributed by atoms with Gasteiger partial charge in [0.05, 0.1) is 32.0 Å². The third-order valence-electron chi connectivity index (χ3n) is 7.54. The van der Waals surface area contributed by atoms with Crippen molar-refractivity contribution in [1.82, 2.24) is 33.6 Å². The number of ether oxygens (including phenoxy) is 2. The van der Waals surface area contributed by atoms with Crippen LogP contribution in [0, 0.1) is 5.82 Å². The minimum absolute atomic E-state index is 0.0379. The number of aryl methyl sites for hydroxylation is 1. The highest BCUT2D eigenvalue weighted by atomic mass is 32.5. The molecule has 4 N–H and O–H groups in total. The number of nitrogens with two attached hydrogens (primary N) is 1. The zero-order chi connectivity index (χ0) is 31.8. The number of hydrogen-bond acceptors (Lipinski definition) is 14. The number of fused-ring (bicyclic) bond motifs is 5. The standard InChI is InChI=1S/C22H24F2N8O10P2S/c1-30-7-29-18-13(20(30)33)10(23)3-31(18)21-11-2-9(39-21)4-38-44(36,45)42-16-12(5-37-43(34,35)41-11)40-22(14(16)24)32-8-28-15-17(25)26-6-27-19(15)32/h3,6-9,11-12,14,16,21-22H,2,4-5H2,1H3,(H,34,35)(H,36,45)(H2,25,26,27)/t9-,11+,12+,14+,16+,21+,22+,44?/m0/s1. The second-order valence-corrected chi connectivity index (χ2v) is 14.7. The van der Waals surface area contributed by atoms with Gasteiger partial charge >= 0.3 is 14.5 Å². The number of phosphoric ester groups is 1. The van der Waals surface area contributed by atoms with Crippen molar-refractivity contribution in [2.24, 2.45) is 7.05 Å². The minimum atomic E-state index is -4.96. The zero-order valence-corrected chi connectivity index (χ0v) is 25.5. The fourth-order valence-electron chi connectivity index (χ4n) is 5.50. The van der Waals surface area contributed by atoms with E-state index in [9.17, 15) is 23.5 Å². The summed E-state index contributed by atoms with van der Waals surface area (Å²) >= 11 is 5.15. The van der Waals surface area contributed by atoms with Gasteiger partial charge in [-0.25, -0.2) is 33.3 Å². The molecular formula is C22H24F2N8O10P2S. The average Bonchev–Trinajstić information content (AvgIpc) is 3.73. The summed E-state index contributed by atoms with van der Waals surface area (Å²) in [6, 6.07) is 0. The maximum Gasteiger partial charge on any atom is 0.472 e. The Morgan fingerprint density at radius 1 is 1.02 bits per heavy atom. The molecule has 7 rings (SSSR count). The molecule has 3 aliphatic rings. The highest BCUT2D eigenvalue weighted by molar-refractivity contribution is 8.07. The van der Waals surface area contributed by atoms with Crippen LogP contribution in [0.15, 0.2) is 30.0 Å². The molecule has 4 aromatic rings. The van der Waals surface area contributed by atoms with Crippen LogP contribution in [-0.2, 0) is 51.0 Å². The van der Waals surface area contributed by atoms with E-state index in [1.165, 1.54) is 24.3 Å². The SMILES string of the molecule is Cn1cnc2c(c(F)cn2[C@@H]2O[C@@H]3COP(O)(=S)O[C@H]4[C@@H](F)[C@H](n5cnc6c(N)ncnc65)O[C@@H]4COP(=O)(O)O[C@@H]2C3)c1=O. The molecule has 18 nitrogen and oxygen atoms in total. The van der Waals surface area contributed by atoms with Gasteiger partial charge in [-0.1, -0.05) is 0 Å². The molecule has 242 valence electrons. The summed E-state index contributed by atoms with van der Waals surface area (Å²) in [6.45, 7) is -5.41. The van der Waals surface area contributed by atoms with Crippen LogP contribution in [0.25, 0.3) is 22.2 Å². The van der Waals surface area contributed by atoms with E-state index in [1.54, 1.807) is 0 Å². The van der Waals surface area contributed by atoms with Crippen LogP contribution in [-0.4, -0.2) is 87.2 Å². The van der Waals surface area contributed by atoms with Crippen LogP contribution < -0.4 is 11.3 Å². The molecule has 0 radical (unpaired) electrons. The van der Waals surface area contributed by atoms with Gasteiger partial charge in [0.1, 0.15) is 35.5 Å². The van der Waals surface area contributed by atoms with Crippen LogP contribution in [0.5, 0.6) is 0 Å². The fraction of sp³-hybridized carbons (Fsp3) is 0.500. The van der Waals surface area contributed by atoms with Crippen molar-refractivity contribution in [3.63, 3.8) is 0 Å². The van der Waals surface area contributed by atoms with Crippen molar-refractivity contribution in [1.29, 1.82) is 0 Å². The molecule has 45 heavy (non-hydrogen) atoms. The van der Waals surface area contributed by atoms with E-state index in [2.05, 4.69) is 19.9 Å². The number of nitrogen functional groups attached to an aromatic ring is 1. The average molecular weight is 692 g/mol. The number of halogens is 2. The highest BCUT2D eigenvalue weighted by Gasteiger charge is 2.52. The number of rotatable bonds is 2. The highest BCUT2D eigenvalue weighted by Crippen LogP contribution is 2.54. The summed E-state index contributed by atoms with van der Waals surface area (Å²) in [6.07, 6.45) is -5.75. The molecule has 0 spiro atoms. The van der Waals surface area contributed by atoms with Gasteiger partial charge in [0.15, 0.2) is 41.6 Å². The molecule has 2 bridgehead atoms. The Bertz CT molecular complexity index is 1960. The molecule has 0 saturated carbocycles. The summed E-state index contributed by atoms with van der Waals surface area (Å²) in [4.78, 5) is 50.3. The zero-order valence-electron chi connectivity index (χ0n) is 22.9. The van der Waals surface area contributed by atoms with Gasteiger partial charge in [-0.2, -0.15) is 0 Å². The fourth-order valence-corrected chi connectivity index (χ4v) is 7.89. The van der Waals surface area contributed by atoms with E-state index in [-0.39, 0.29) is 34.4 Å². The van der Waals surface area contributed by atoms with Crippen LogP contribution in [0.4, 0.5) is 14.6 Å². The van der Waals surface area contributed by atoms with Gasteiger partial charge in [0, 0.05) is 19.7 Å². The molecule has 9 atom stereocenters. The largest absolute Gasteiger partial charge is 0.472 e. The molecule has 7 heterocycles. The number of aromatic nitrogens is 7. The summed E-state index contributed by atoms with van der Waals surface area (Å²) in [5.41, 5.74) is 5.36. The Morgan fingerprint density at radius 2 is 1.82 bits per heavy atom. The summed E-state index contributed by atoms with van der Waals surface area (Å²) in [5.74, 6) is -0.867. The van der Waals surface area contributed by atoms with Gasteiger partial charge in [-0.05, 0) is 11.8 Å². The van der Waals surface area contributed by atoms with Crippen LogP contribution in [0.2, 0.25) is 0 Å². The first-order valence-electron chi connectivity index (χ1n) is 13.2. The smallest absolute Gasteiger partial charge is 0.382 e. The lowest BCUT2D eigenvalue weighted by Gasteiger charge is -2.26. The summed E-state index contributed by atoms with van der Waals surface area (Å²) in [7, 11) is -3.56. The monoisotopic (exact) mass is 692 g/mol. The first-order chi connectivity index (χ1) is 21.3. The first-order valence-corrected chi connectivity index (χ1v) is 17.3. The molecule has 0 amide bonds. The molecule has 23 heteroatoms. The van der Waals surface area contributed by atoms with Crippen molar-refractivity contribution in [3.05, 3.63) is 41.3 Å². The van der Waals surface area contributed by atoms with Crippen LogP contribution in [0.3, 0.4) is 0 Å². The Labute approximate surface area is 255 Å². The normalized spacial score (nSPS) is 36.1. The van der Waals surface area contributed by atoms with E-state index in [4.69, 9.17) is 45.1 Å². The minimum Gasteiger partial charge on any atom is -0.382 e. The molecule has 0 aliphatic carbocycles. The van der Waals surface area contributed by atoms with Crippen molar-refractivity contribution in [3.8, 4) is 0 Å². The van der Waals surface area contributed by atoms with Crippen molar-refractivity contribution >= 4 is 54.4 Å². The van der Waals surface area contributed by atoms with Gasteiger partial charge < -0.3 is 38.7 Å².